The van der Waals surface area contributed by atoms with Crippen molar-refractivity contribution in [2.75, 3.05) is 24.6 Å². The summed E-state index contributed by atoms with van der Waals surface area (Å²) in [5.74, 6) is 0.147. The minimum Gasteiger partial charge on any atom is -0.491 e. The lowest BCUT2D eigenvalue weighted by atomic mass is 9.68. The van der Waals surface area contributed by atoms with Gasteiger partial charge in [0.1, 0.15) is 16.7 Å². The number of rotatable bonds is 4. The molecule has 2 aromatic carbocycles. The van der Waals surface area contributed by atoms with Gasteiger partial charge in [0.2, 0.25) is 0 Å². The summed E-state index contributed by atoms with van der Waals surface area (Å²) in [5.41, 5.74) is 4.74. The summed E-state index contributed by atoms with van der Waals surface area (Å²) in [6.45, 7) is 8.02. The molecular formula is C34H43ClN2O5S. The van der Waals surface area contributed by atoms with Crippen LogP contribution in [0.25, 0.3) is 0 Å². The lowest BCUT2D eigenvalue weighted by Gasteiger charge is -2.42. The molecule has 2 aromatic rings. The fourth-order valence-electron chi connectivity index (χ4n) is 6.85. The summed E-state index contributed by atoms with van der Waals surface area (Å²) < 4.78 is 22.3. The fourth-order valence-corrected chi connectivity index (χ4v) is 8.09. The zero-order valence-corrected chi connectivity index (χ0v) is 26.9. The average molecular weight is 627 g/mol. The third-order valence-electron chi connectivity index (χ3n) is 9.62. The molecule has 2 aliphatic heterocycles. The van der Waals surface area contributed by atoms with Gasteiger partial charge >= 0.3 is 5.97 Å². The van der Waals surface area contributed by atoms with Gasteiger partial charge in [0, 0.05) is 35.7 Å². The van der Waals surface area contributed by atoms with Crippen LogP contribution in [0, 0.1) is 17.8 Å². The first-order valence-electron chi connectivity index (χ1n) is 15.6. The molecule has 43 heavy (non-hydrogen) atoms. The van der Waals surface area contributed by atoms with E-state index in [2.05, 4.69) is 28.7 Å². The van der Waals surface area contributed by atoms with E-state index in [0.29, 0.717) is 36.8 Å². The van der Waals surface area contributed by atoms with Crippen molar-refractivity contribution in [1.29, 1.82) is 0 Å². The van der Waals surface area contributed by atoms with E-state index >= 15 is 0 Å². The van der Waals surface area contributed by atoms with Crippen molar-refractivity contribution in [2.24, 2.45) is 17.8 Å². The van der Waals surface area contributed by atoms with Crippen molar-refractivity contribution in [1.82, 2.24) is 4.72 Å². The number of hydrogen-bond acceptors (Lipinski definition) is 5. The molecule has 6 unspecified atom stereocenters. The molecule has 0 spiro atoms. The number of allylic oxidation sites excluding steroid dienone is 1. The number of aliphatic carboxylic acids is 1. The van der Waals surface area contributed by atoms with Crippen molar-refractivity contribution >= 4 is 40.2 Å². The molecule has 0 radical (unpaired) electrons. The minimum absolute atomic E-state index is 0.0801. The molecule has 2 bridgehead atoms. The number of halogens is 1. The van der Waals surface area contributed by atoms with E-state index in [1.54, 1.807) is 6.07 Å². The lowest BCUT2D eigenvalue weighted by Crippen LogP contribution is -2.41. The Balaban J connectivity index is 1.54. The first-order chi connectivity index (χ1) is 20.6. The SMILES string of the molecule is CCCc1cc(Cl)ccc1C1COc2ccc3cc2N(C1)CC1CCC1/C(=C/C(=O)O)CCCC(C)C(C)S(=O)NC3=O. The highest BCUT2D eigenvalue weighted by Gasteiger charge is 2.37. The molecule has 5 rings (SSSR count). The minimum atomic E-state index is -1.55. The van der Waals surface area contributed by atoms with Gasteiger partial charge in [-0.1, -0.05) is 43.5 Å². The van der Waals surface area contributed by atoms with Crippen LogP contribution in [0.15, 0.2) is 48.0 Å². The number of anilines is 1. The van der Waals surface area contributed by atoms with Crippen LogP contribution < -0.4 is 14.4 Å². The predicted molar refractivity (Wildman–Crippen MR) is 172 cm³/mol. The van der Waals surface area contributed by atoms with Crippen LogP contribution in [0.4, 0.5) is 5.69 Å². The number of fused-ring (bicyclic) bond motifs is 2. The van der Waals surface area contributed by atoms with Crippen molar-refractivity contribution in [3.63, 3.8) is 0 Å². The summed E-state index contributed by atoms with van der Waals surface area (Å²) in [6, 6.07) is 11.6. The molecule has 2 N–H and O–H groups in total. The zero-order chi connectivity index (χ0) is 30.7. The maximum atomic E-state index is 13.3. The van der Waals surface area contributed by atoms with Gasteiger partial charge in [-0.3, -0.25) is 9.52 Å². The number of nitrogens with one attached hydrogen (secondary N) is 1. The molecular weight excluding hydrogens is 584 g/mol. The highest BCUT2D eigenvalue weighted by atomic mass is 35.5. The summed E-state index contributed by atoms with van der Waals surface area (Å²) in [4.78, 5) is 27.5. The van der Waals surface area contributed by atoms with Gasteiger partial charge in [0.25, 0.3) is 5.91 Å². The van der Waals surface area contributed by atoms with E-state index in [1.165, 1.54) is 17.2 Å². The maximum absolute atomic E-state index is 13.3. The normalized spacial score (nSPS) is 29.1. The van der Waals surface area contributed by atoms with Gasteiger partial charge in [-0.15, -0.1) is 0 Å². The molecule has 7 nitrogen and oxygen atoms in total. The maximum Gasteiger partial charge on any atom is 0.328 e. The van der Waals surface area contributed by atoms with Gasteiger partial charge in [-0.25, -0.2) is 9.00 Å². The zero-order valence-electron chi connectivity index (χ0n) is 25.3. The van der Waals surface area contributed by atoms with Gasteiger partial charge < -0.3 is 14.7 Å². The molecule has 9 heteroatoms. The summed E-state index contributed by atoms with van der Waals surface area (Å²) in [6.07, 6.45) is 7.68. The Bertz CT molecular complexity index is 1410. The molecule has 232 valence electrons. The van der Waals surface area contributed by atoms with Crippen LogP contribution in [0.3, 0.4) is 0 Å². The number of nitrogens with zero attached hydrogens (tertiary/aromatic N) is 1. The third-order valence-corrected chi connectivity index (χ3v) is 11.4. The molecule has 1 fully saturated rings. The molecule has 1 saturated carbocycles. The molecule has 2 heterocycles. The monoisotopic (exact) mass is 626 g/mol. The number of carboxylic acids is 1. The van der Waals surface area contributed by atoms with E-state index in [0.717, 1.165) is 61.4 Å². The molecule has 0 aromatic heterocycles. The van der Waals surface area contributed by atoms with E-state index < -0.39 is 17.0 Å². The summed E-state index contributed by atoms with van der Waals surface area (Å²) >= 11 is 6.39. The smallest absolute Gasteiger partial charge is 0.328 e. The fraction of sp³-hybridized carbons (Fsp3) is 0.529. The Morgan fingerprint density at radius 2 is 1.98 bits per heavy atom. The Labute approximate surface area is 262 Å². The van der Waals surface area contributed by atoms with Gasteiger partial charge in [-0.2, -0.15) is 0 Å². The van der Waals surface area contributed by atoms with E-state index in [4.69, 9.17) is 16.3 Å². The Morgan fingerprint density at radius 1 is 1.16 bits per heavy atom. The Hall–Kier alpha value is -2.84. The lowest BCUT2D eigenvalue weighted by molar-refractivity contribution is -0.131. The second-order valence-electron chi connectivity index (χ2n) is 12.5. The van der Waals surface area contributed by atoms with Gasteiger partial charge in [0.15, 0.2) is 0 Å². The van der Waals surface area contributed by atoms with Crippen LogP contribution in [0.2, 0.25) is 5.02 Å². The number of hydrogen-bond donors (Lipinski definition) is 2. The highest BCUT2D eigenvalue weighted by molar-refractivity contribution is 7.84. The molecule has 6 atom stereocenters. The second kappa shape index (κ2) is 13.9. The first kappa shape index (κ1) is 31.6. The molecule has 3 aliphatic rings. The number of carbonyl (C=O) groups excluding carboxylic acids is 1. The van der Waals surface area contributed by atoms with Crippen molar-refractivity contribution in [3.8, 4) is 5.75 Å². The summed E-state index contributed by atoms with van der Waals surface area (Å²) in [5, 5.41) is 10.2. The van der Waals surface area contributed by atoms with Crippen LogP contribution in [-0.4, -0.2) is 46.1 Å². The average Bonchev–Trinajstić information content (AvgIpc) is 3.13. The topological polar surface area (TPSA) is 95.9 Å². The number of amides is 1. The van der Waals surface area contributed by atoms with E-state index in [9.17, 15) is 18.9 Å². The number of aryl methyl sites for hydroxylation is 1. The summed E-state index contributed by atoms with van der Waals surface area (Å²) in [7, 11) is -1.55. The van der Waals surface area contributed by atoms with Crippen LogP contribution in [0.1, 0.15) is 86.7 Å². The molecule has 1 amide bonds. The van der Waals surface area contributed by atoms with Crippen molar-refractivity contribution in [2.45, 2.75) is 76.9 Å². The third kappa shape index (κ3) is 7.28. The first-order valence-corrected chi connectivity index (χ1v) is 17.2. The second-order valence-corrected chi connectivity index (χ2v) is 14.5. The highest BCUT2D eigenvalue weighted by Crippen LogP contribution is 2.45. The molecule has 0 saturated heterocycles. The van der Waals surface area contributed by atoms with Crippen LogP contribution >= 0.6 is 11.6 Å². The Kier molecular flexibility index (Phi) is 10.2. The van der Waals surface area contributed by atoms with Crippen molar-refractivity contribution < 1.29 is 23.6 Å². The quantitative estimate of drug-likeness (QED) is 0.358. The largest absolute Gasteiger partial charge is 0.491 e. The van der Waals surface area contributed by atoms with Crippen LogP contribution in [0.5, 0.6) is 5.75 Å². The predicted octanol–water partition coefficient (Wildman–Crippen LogP) is 6.91. The van der Waals surface area contributed by atoms with Crippen molar-refractivity contribution in [3.05, 3.63) is 69.8 Å². The number of ether oxygens (including phenoxy) is 1. The van der Waals surface area contributed by atoms with E-state index in [1.807, 2.05) is 32.0 Å². The number of carbonyl (C=O) groups is 2. The van der Waals surface area contributed by atoms with Crippen LogP contribution in [-0.2, 0) is 22.2 Å². The van der Waals surface area contributed by atoms with Gasteiger partial charge in [-0.05, 0) is 105 Å². The number of carboxylic acid groups (broad SMARTS) is 1. The number of benzene rings is 2. The Morgan fingerprint density at radius 3 is 2.70 bits per heavy atom. The van der Waals surface area contributed by atoms with E-state index in [-0.39, 0.29) is 28.9 Å². The molecule has 1 aliphatic carbocycles. The standard InChI is InChI=1S/C34H43ClN2O5S/c1-4-6-23-15-28(35)11-13-30(23)27-19-37-18-26-9-12-29(26)24(17-33(38)39)8-5-7-21(2)22(3)43(41)36-34(40)25-10-14-32(42-20-27)31(37)16-25/h10-11,13-17,21-22,26-27,29H,4-9,12,18-20H2,1-3H3,(H,36,40)(H,38,39)/b24-17+. The van der Waals surface area contributed by atoms with Gasteiger partial charge in [0.05, 0.1) is 17.5 Å².